The summed E-state index contributed by atoms with van der Waals surface area (Å²) in [4.78, 5) is 26.7. The lowest BCUT2D eigenvalue weighted by Crippen LogP contribution is -2.39. The molecule has 4 N–H and O–H groups in total. The second-order valence-corrected chi connectivity index (χ2v) is 8.03. The number of fused-ring (bicyclic) bond motifs is 1. The molecule has 1 aliphatic heterocycles. The number of nitrogens with zero attached hydrogens (tertiary/aromatic N) is 1. The molecule has 3 aromatic carbocycles. The highest BCUT2D eigenvalue weighted by molar-refractivity contribution is 7.76. The number of nitrogens with one attached hydrogen (secondary N) is 2. The van der Waals surface area contributed by atoms with E-state index in [2.05, 4.69) is 39.9 Å². The molecule has 0 saturated heterocycles. The van der Waals surface area contributed by atoms with Crippen LogP contribution in [0.15, 0.2) is 52.1 Å². The minimum atomic E-state index is -2.36. The number of anilines is 4. The average molecular weight is 442 g/mol. The molecule has 164 valence electrons. The zero-order valence-electron chi connectivity index (χ0n) is 17.6. The molecular formula is C22H25N4O4S-. The summed E-state index contributed by atoms with van der Waals surface area (Å²) < 4.78 is 17.6. The number of benzene rings is 2. The fourth-order valence-corrected chi connectivity index (χ4v) is 3.72. The van der Waals surface area contributed by atoms with E-state index in [0.29, 0.717) is 11.4 Å². The van der Waals surface area contributed by atoms with E-state index in [1.165, 1.54) is 0 Å². The summed E-state index contributed by atoms with van der Waals surface area (Å²) in [5, 5.41) is 10.5. The highest BCUT2D eigenvalue weighted by Gasteiger charge is 2.28. The van der Waals surface area contributed by atoms with Crippen LogP contribution >= 0.6 is 0 Å². The minimum Gasteiger partial charge on any atom is -0.760 e. The minimum absolute atomic E-state index is 0.0138. The largest absolute Gasteiger partial charge is 0.760 e. The molecule has 0 spiro atoms. The maximum absolute atomic E-state index is 12.2. The van der Waals surface area contributed by atoms with Gasteiger partial charge in [0, 0.05) is 36.2 Å². The number of hydrogen-bond acceptors (Lipinski definition) is 7. The van der Waals surface area contributed by atoms with Gasteiger partial charge in [0.2, 0.25) is 0 Å². The Morgan fingerprint density at radius 1 is 1.06 bits per heavy atom. The van der Waals surface area contributed by atoms with E-state index in [9.17, 15) is 9.59 Å². The van der Waals surface area contributed by atoms with Crippen LogP contribution in [-0.4, -0.2) is 22.4 Å². The Kier molecular flexibility index (Phi) is 6.89. The first kappa shape index (κ1) is 22.7. The van der Waals surface area contributed by atoms with E-state index in [4.69, 9.17) is 8.76 Å². The number of nitrogens with two attached hydrogens (primary N) is 1. The Morgan fingerprint density at radius 3 is 2.42 bits per heavy atom. The van der Waals surface area contributed by atoms with Gasteiger partial charge >= 0.3 is 0 Å². The fourth-order valence-electron chi connectivity index (χ4n) is 3.72. The van der Waals surface area contributed by atoms with Crippen LogP contribution in [0.4, 0.5) is 22.7 Å². The summed E-state index contributed by atoms with van der Waals surface area (Å²) in [6, 6.07) is 14.1. The molecule has 0 fully saturated rings. The van der Waals surface area contributed by atoms with Crippen molar-refractivity contribution in [3.63, 3.8) is 0 Å². The van der Waals surface area contributed by atoms with Gasteiger partial charge in [0.1, 0.15) is 11.4 Å². The van der Waals surface area contributed by atoms with Crippen molar-refractivity contribution in [2.45, 2.75) is 26.3 Å². The van der Waals surface area contributed by atoms with Gasteiger partial charge in [-0.2, -0.15) is 0 Å². The lowest BCUT2D eigenvalue weighted by molar-refractivity contribution is 0.539. The van der Waals surface area contributed by atoms with Crippen LogP contribution in [0.2, 0.25) is 0 Å². The molecule has 0 saturated carbocycles. The first-order valence-electron chi connectivity index (χ1n) is 9.77. The van der Waals surface area contributed by atoms with E-state index >= 15 is 0 Å². The van der Waals surface area contributed by atoms with Crippen molar-refractivity contribution in [3.8, 4) is 0 Å². The monoisotopic (exact) mass is 441 g/mol. The van der Waals surface area contributed by atoms with Gasteiger partial charge < -0.3 is 20.1 Å². The van der Waals surface area contributed by atoms with Crippen molar-refractivity contribution >= 4 is 34.0 Å². The molecule has 0 aromatic heterocycles. The fraction of sp³-hybridized carbons (Fsp3) is 0.273. The first-order valence-corrected chi connectivity index (χ1v) is 10.9. The summed E-state index contributed by atoms with van der Waals surface area (Å²) in [5.74, 6) is 0. The predicted octanol–water partition coefficient (Wildman–Crippen LogP) is 2.38. The van der Waals surface area contributed by atoms with Crippen LogP contribution in [0.1, 0.15) is 29.2 Å². The van der Waals surface area contributed by atoms with Crippen molar-refractivity contribution in [3.05, 3.63) is 79.6 Å². The van der Waals surface area contributed by atoms with Gasteiger partial charge in [0.05, 0.1) is 6.04 Å². The Bertz CT molecular complexity index is 1180. The molecule has 2 atom stereocenters. The third-order valence-electron chi connectivity index (χ3n) is 5.57. The average Bonchev–Trinajstić information content (AvgIpc) is 2.74. The lowest BCUT2D eigenvalue weighted by atomic mass is 9.96. The summed E-state index contributed by atoms with van der Waals surface area (Å²) in [6.07, 6.45) is 0.870. The van der Waals surface area contributed by atoms with Crippen LogP contribution in [0.3, 0.4) is 0 Å². The summed E-state index contributed by atoms with van der Waals surface area (Å²) in [7, 11) is 2.07. The molecule has 1 aliphatic rings. The molecular weight excluding hydrogens is 416 g/mol. The maximum atomic E-state index is 12.2. The van der Waals surface area contributed by atoms with Crippen molar-refractivity contribution in [2.75, 3.05) is 29.1 Å². The second kappa shape index (κ2) is 9.42. The smallest absolute Gasteiger partial charge is 0.253 e. The summed E-state index contributed by atoms with van der Waals surface area (Å²) >= 11 is -2.36. The molecule has 0 aliphatic carbocycles. The quantitative estimate of drug-likeness (QED) is 0.419. The molecule has 3 aromatic rings. The number of aryl methyl sites for hydroxylation is 1. The van der Waals surface area contributed by atoms with E-state index in [-0.39, 0.29) is 6.04 Å². The van der Waals surface area contributed by atoms with Crippen molar-refractivity contribution in [2.24, 2.45) is 5.14 Å². The maximum Gasteiger partial charge on any atom is 0.253 e. The lowest BCUT2D eigenvalue weighted by Gasteiger charge is -2.34. The molecule has 0 bridgehead atoms. The zero-order valence-corrected chi connectivity index (χ0v) is 18.4. The molecule has 0 amide bonds. The van der Waals surface area contributed by atoms with Crippen LogP contribution < -0.4 is 31.5 Å². The van der Waals surface area contributed by atoms with E-state index < -0.39 is 22.1 Å². The van der Waals surface area contributed by atoms with Gasteiger partial charge in [0.25, 0.3) is 10.9 Å². The van der Waals surface area contributed by atoms with Crippen molar-refractivity contribution in [1.82, 2.24) is 0 Å². The number of hydrogen-bond donors (Lipinski definition) is 3. The Morgan fingerprint density at radius 2 is 1.71 bits per heavy atom. The molecule has 2 unspecified atom stereocenters. The van der Waals surface area contributed by atoms with Gasteiger partial charge in [-0.15, -0.1) is 0 Å². The van der Waals surface area contributed by atoms with E-state index in [0.717, 1.165) is 41.0 Å². The van der Waals surface area contributed by atoms with Crippen LogP contribution in [0.25, 0.3) is 0 Å². The topological polar surface area (TPSA) is 128 Å². The second-order valence-electron chi connectivity index (χ2n) is 7.51. The Hall–Kier alpha value is -3.01. The highest BCUT2D eigenvalue weighted by atomic mass is 32.2. The summed E-state index contributed by atoms with van der Waals surface area (Å²) in [5.41, 5.74) is 5.22. The third-order valence-corrected chi connectivity index (χ3v) is 5.57. The van der Waals surface area contributed by atoms with E-state index in [1.807, 2.05) is 44.2 Å². The van der Waals surface area contributed by atoms with Gasteiger partial charge in [-0.25, -0.2) is 0 Å². The molecule has 31 heavy (non-hydrogen) atoms. The number of para-hydroxylation sites is 1. The van der Waals surface area contributed by atoms with Crippen molar-refractivity contribution in [1.29, 1.82) is 0 Å². The zero-order chi connectivity index (χ0) is 22.7. The van der Waals surface area contributed by atoms with E-state index in [1.54, 1.807) is 0 Å². The van der Waals surface area contributed by atoms with Crippen LogP contribution in [0.5, 0.6) is 0 Å². The highest BCUT2D eigenvalue weighted by Crippen LogP contribution is 2.36. The first-order chi connectivity index (χ1) is 14.7. The SMILES string of the molecule is Cc1cccc(Nc2c(NC3CCN(C)c4ccccc43)c(=O)c2=O)c1C.NS(=O)[O-]. The summed E-state index contributed by atoms with van der Waals surface area (Å²) in [6.45, 7) is 4.92. The molecule has 4 rings (SSSR count). The molecule has 8 nitrogen and oxygen atoms in total. The standard InChI is InChI=1S/C22H23N3O2.H3NO2S/c1-13-7-6-9-16(14(13)2)23-19-20(22(27)21(19)26)24-17-11-12-25(3)18-10-5-4-8-15(17)18;1-4(2)3/h4-10,17,23-24H,11-12H2,1-3H3;1H2,(H,2,3)/p-1. The molecule has 0 radical (unpaired) electrons. The molecule has 1 heterocycles. The van der Waals surface area contributed by atoms with Crippen LogP contribution in [0, 0.1) is 13.8 Å². The normalized spacial score (nSPS) is 16.2. The van der Waals surface area contributed by atoms with Crippen molar-refractivity contribution < 1.29 is 8.76 Å². The predicted molar refractivity (Wildman–Crippen MR) is 124 cm³/mol. The Balaban J connectivity index is 0.000000628. The van der Waals surface area contributed by atoms with Gasteiger partial charge in [-0.05, 0) is 49.1 Å². The third kappa shape index (κ3) is 4.84. The van der Waals surface area contributed by atoms with Crippen LogP contribution in [-0.2, 0) is 11.3 Å². The van der Waals surface area contributed by atoms with Gasteiger partial charge in [-0.3, -0.25) is 18.9 Å². The van der Waals surface area contributed by atoms with Gasteiger partial charge in [-0.1, -0.05) is 30.3 Å². The number of rotatable bonds is 4. The Labute approximate surface area is 183 Å². The van der Waals surface area contributed by atoms with Gasteiger partial charge in [0.15, 0.2) is 0 Å². The molecule has 9 heteroatoms.